The summed E-state index contributed by atoms with van der Waals surface area (Å²) in [6.07, 6.45) is -0.836. The molecular weight excluding hydrogens is 566 g/mol. The molecule has 1 aromatic heterocycles. The summed E-state index contributed by atoms with van der Waals surface area (Å²) in [5.41, 5.74) is 3.39. The topological polar surface area (TPSA) is 143 Å². The van der Waals surface area contributed by atoms with Crippen molar-refractivity contribution in [2.45, 2.75) is 58.6 Å². The zero-order valence-electron chi connectivity index (χ0n) is 25.5. The quantitative estimate of drug-likeness (QED) is 0.218. The van der Waals surface area contributed by atoms with Crippen LogP contribution in [0.2, 0.25) is 0 Å². The van der Waals surface area contributed by atoms with Crippen molar-refractivity contribution in [3.63, 3.8) is 0 Å². The van der Waals surface area contributed by atoms with Crippen LogP contribution in [0.25, 0.3) is 11.1 Å². The lowest BCUT2D eigenvalue weighted by Crippen LogP contribution is -2.63. The molecule has 0 spiro atoms. The molecule has 2 heterocycles. The van der Waals surface area contributed by atoms with Gasteiger partial charge in [-0.1, -0.05) is 39.0 Å². The molecule has 0 aliphatic carbocycles. The van der Waals surface area contributed by atoms with E-state index in [2.05, 4.69) is 21.3 Å². The fraction of sp³-hybridized carbons (Fsp3) is 0.406. The highest BCUT2D eigenvalue weighted by molar-refractivity contribution is 7.16. The molecule has 1 saturated heterocycles. The highest BCUT2D eigenvalue weighted by atomic mass is 32.1. The van der Waals surface area contributed by atoms with Crippen LogP contribution in [0.1, 0.15) is 55.4 Å². The first-order valence-corrected chi connectivity index (χ1v) is 15.1. The molecule has 230 valence electrons. The number of urea groups is 1. The van der Waals surface area contributed by atoms with Crippen LogP contribution in [0.4, 0.5) is 21.2 Å². The van der Waals surface area contributed by atoms with Gasteiger partial charge in [0.25, 0.3) is 5.91 Å². The number of amides is 4. The number of hydrogen-bond donors (Lipinski definition) is 6. The average molecular weight is 608 g/mol. The second kappa shape index (κ2) is 12.7. The summed E-state index contributed by atoms with van der Waals surface area (Å²) in [6.45, 7) is 12.2. The van der Waals surface area contributed by atoms with E-state index in [1.54, 1.807) is 18.7 Å². The summed E-state index contributed by atoms with van der Waals surface area (Å²) in [4.78, 5) is 42.0. The highest BCUT2D eigenvalue weighted by Crippen LogP contribution is 2.38. The van der Waals surface area contributed by atoms with Gasteiger partial charge >= 0.3 is 6.03 Å². The summed E-state index contributed by atoms with van der Waals surface area (Å²) in [6, 6.07) is 14.6. The van der Waals surface area contributed by atoms with E-state index in [1.807, 2.05) is 76.2 Å². The van der Waals surface area contributed by atoms with E-state index in [0.29, 0.717) is 29.3 Å². The number of aliphatic hydroxyl groups excluding tert-OH is 2. The number of nitrogens with one attached hydrogen (secondary N) is 4. The monoisotopic (exact) mass is 607 g/mol. The van der Waals surface area contributed by atoms with E-state index >= 15 is 0 Å². The van der Waals surface area contributed by atoms with E-state index in [4.69, 9.17) is 5.11 Å². The lowest BCUT2D eigenvalue weighted by molar-refractivity contribution is -0.133. The molecule has 4 amide bonds. The first-order valence-electron chi connectivity index (χ1n) is 14.3. The van der Waals surface area contributed by atoms with Crippen LogP contribution in [0, 0.1) is 6.92 Å². The van der Waals surface area contributed by atoms with Crippen LogP contribution in [0.3, 0.4) is 0 Å². The van der Waals surface area contributed by atoms with Gasteiger partial charge in [0.2, 0.25) is 5.91 Å². The van der Waals surface area contributed by atoms with Gasteiger partial charge in [-0.25, -0.2) is 4.79 Å². The number of piperazine rings is 1. The Labute approximate surface area is 256 Å². The van der Waals surface area contributed by atoms with Gasteiger partial charge in [-0.05, 0) is 73.2 Å². The molecule has 0 bridgehead atoms. The van der Waals surface area contributed by atoms with Crippen molar-refractivity contribution < 1.29 is 24.6 Å². The molecule has 0 saturated carbocycles. The molecule has 1 aliphatic heterocycles. The Bertz CT molecular complexity index is 1490. The summed E-state index contributed by atoms with van der Waals surface area (Å²) in [5.74, 6) is -0.518. The van der Waals surface area contributed by atoms with Crippen LogP contribution in [0.5, 0.6) is 0 Å². The predicted octanol–water partition coefficient (Wildman–Crippen LogP) is 4.78. The standard InChI is InChI=1S/C32H41N5O5S/c1-19-7-10-22(15-24(19)20-8-11-21(12-9-20)34-17-23(39)18-38)35-30(42)36-27-25(16-26(43-27)31(2,3)4)28(40)37-14-13-33-29(41)32(37,5)6/h7-12,15-16,23,34,38-39H,13-14,17-18H2,1-6H3,(H,33,41)(H2,35,36,42). The minimum absolute atomic E-state index is 0.216. The van der Waals surface area contributed by atoms with Crippen LogP contribution in [-0.2, 0) is 10.2 Å². The number of thiophene rings is 1. The Morgan fingerprint density at radius 3 is 2.40 bits per heavy atom. The van der Waals surface area contributed by atoms with E-state index in [9.17, 15) is 19.5 Å². The highest BCUT2D eigenvalue weighted by Gasteiger charge is 2.42. The number of aryl methyl sites for hydroxylation is 1. The second-order valence-corrected chi connectivity index (χ2v) is 13.3. The summed E-state index contributed by atoms with van der Waals surface area (Å²) in [7, 11) is 0. The Kier molecular flexibility index (Phi) is 9.48. The number of aliphatic hydroxyl groups is 2. The molecular formula is C32H41N5O5S. The van der Waals surface area contributed by atoms with Gasteiger partial charge in [0, 0.05) is 35.9 Å². The van der Waals surface area contributed by atoms with Crippen LogP contribution in [-0.4, -0.2) is 70.8 Å². The van der Waals surface area contributed by atoms with E-state index < -0.39 is 17.7 Å². The van der Waals surface area contributed by atoms with Crippen molar-refractivity contribution in [1.29, 1.82) is 0 Å². The van der Waals surface area contributed by atoms with Gasteiger partial charge in [-0.15, -0.1) is 11.3 Å². The first-order chi connectivity index (χ1) is 20.2. The largest absolute Gasteiger partial charge is 0.394 e. The number of anilines is 3. The number of nitrogens with zero attached hydrogens (tertiary/aromatic N) is 1. The molecule has 0 radical (unpaired) electrons. The van der Waals surface area contributed by atoms with E-state index in [0.717, 1.165) is 27.3 Å². The normalized spacial score (nSPS) is 15.4. The zero-order valence-corrected chi connectivity index (χ0v) is 26.3. The smallest absolute Gasteiger partial charge is 0.324 e. The third-order valence-corrected chi connectivity index (χ3v) is 8.95. The second-order valence-electron chi connectivity index (χ2n) is 12.3. The minimum atomic E-state index is -1.02. The number of hydrogen-bond acceptors (Lipinski definition) is 7. The summed E-state index contributed by atoms with van der Waals surface area (Å²) < 4.78 is 0. The van der Waals surface area contributed by atoms with Gasteiger partial charge in [0.1, 0.15) is 10.5 Å². The van der Waals surface area contributed by atoms with Gasteiger partial charge in [-0.2, -0.15) is 0 Å². The first kappa shape index (κ1) is 32.0. The minimum Gasteiger partial charge on any atom is -0.394 e. The van der Waals surface area contributed by atoms with Crippen LogP contribution in [0.15, 0.2) is 48.5 Å². The lowest BCUT2D eigenvalue weighted by atomic mass is 9.93. The molecule has 4 rings (SSSR count). The molecule has 3 aromatic rings. The lowest BCUT2D eigenvalue weighted by Gasteiger charge is -2.41. The molecule has 1 unspecified atom stereocenters. The van der Waals surface area contributed by atoms with Crippen LogP contribution < -0.4 is 21.3 Å². The molecule has 1 aliphatic rings. The van der Waals surface area contributed by atoms with E-state index in [1.165, 1.54) is 11.3 Å². The number of benzene rings is 2. The predicted molar refractivity (Wildman–Crippen MR) is 172 cm³/mol. The van der Waals surface area contributed by atoms with Crippen molar-refractivity contribution in [1.82, 2.24) is 10.2 Å². The maximum atomic E-state index is 13.8. The Hall–Kier alpha value is -3.93. The van der Waals surface area contributed by atoms with Gasteiger partial charge in [0.05, 0.1) is 18.3 Å². The fourth-order valence-electron chi connectivity index (χ4n) is 4.76. The van der Waals surface area contributed by atoms with Crippen molar-refractivity contribution in [2.24, 2.45) is 0 Å². The Balaban J connectivity index is 1.54. The fourth-order valence-corrected chi connectivity index (χ4v) is 5.86. The molecule has 2 aromatic carbocycles. The molecule has 10 nitrogen and oxygen atoms in total. The summed E-state index contributed by atoms with van der Waals surface area (Å²) >= 11 is 1.35. The molecule has 6 N–H and O–H groups in total. The average Bonchev–Trinajstić information content (AvgIpc) is 3.38. The third-order valence-electron chi connectivity index (χ3n) is 7.47. The van der Waals surface area contributed by atoms with Crippen molar-refractivity contribution >= 4 is 45.6 Å². The molecule has 43 heavy (non-hydrogen) atoms. The number of carbonyl (C=O) groups excluding carboxylic acids is 3. The van der Waals surface area contributed by atoms with Crippen LogP contribution >= 0.6 is 11.3 Å². The third kappa shape index (κ3) is 7.35. The van der Waals surface area contributed by atoms with Gasteiger partial charge < -0.3 is 31.1 Å². The molecule has 11 heteroatoms. The zero-order chi connectivity index (χ0) is 31.5. The molecule has 1 atom stereocenters. The molecule has 1 fully saturated rings. The number of carbonyl (C=O) groups is 3. The Morgan fingerprint density at radius 1 is 1.07 bits per heavy atom. The van der Waals surface area contributed by atoms with Crippen molar-refractivity contribution in [3.05, 3.63) is 64.5 Å². The SMILES string of the molecule is Cc1ccc(NC(=O)Nc2sc(C(C)(C)C)cc2C(=O)N2CCNC(=O)C2(C)C)cc1-c1ccc(NCC(O)CO)cc1. The van der Waals surface area contributed by atoms with Crippen molar-refractivity contribution in [3.8, 4) is 11.1 Å². The van der Waals surface area contributed by atoms with E-state index in [-0.39, 0.29) is 30.4 Å². The maximum Gasteiger partial charge on any atom is 0.324 e. The van der Waals surface area contributed by atoms with Gasteiger partial charge in [0.15, 0.2) is 0 Å². The number of rotatable bonds is 8. The maximum absolute atomic E-state index is 13.8. The van der Waals surface area contributed by atoms with Crippen molar-refractivity contribution in [2.75, 3.05) is 42.2 Å². The Morgan fingerprint density at radius 2 is 1.74 bits per heavy atom. The summed E-state index contributed by atoms with van der Waals surface area (Å²) in [5, 5.41) is 30.7. The van der Waals surface area contributed by atoms with Gasteiger partial charge in [-0.3, -0.25) is 14.9 Å².